The minimum atomic E-state index is -0.112. The van der Waals surface area contributed by atoms with E-state index in [0.717, 1.165) is 25.7 Å². The normalized spacial score (nSPS) is 25.2. The lowest BCUT2D eigenvalue weighted by atomic mass is 9.91. The van der Waals surface area contributed by atoms with Crippen LogP contribution in [0.2, 0.25) is 0 Å². The zero-order valence-corrected chi connectivity index (χ0v) is 8.32. The number of hydrogen-bond donors (Lipinski definition) is 1. The predicted molar refractivity (Wildman–Crippen MR) is 58.9 cm³/mol. The van der Waals surface area contributed by atoms with Gasteiger partial charge in [-0.2, -0.15) is 0 Å². The van der Waals surface area contributed by atoms with E-state index in [2.05, 4.69) is 18.2 Å². The number of rotatable bonds is 1. The number of aliphatic hydroxyl groups excluding tert-OH is 1. The summed E-state index contributed by atoms with van der Waals surface area (Å²) in [6.07, 6.45) is 6.19. The van der Waals surface area contributed by atoms with Gasteiger partial charge in [-0.15, -0.1) is 0 Å². The molecular formula is C13H16O. The van der Waals surface area contributed by atoms with E-state index in [-0.39, 0.29) is 6.10 Å². The molecule has 1 nitrogen and oxygen atoms in total. The van der Waals surface area contributed by atoms with E-state index in [1.165, 1.54) is 11.1 Å². The Bertz CT molecular complexity index is 313. The van der Waals surface area contributed by atoms with Gasteiger partial charge in [-0.25, -0.2) is 0 Å². The number of benzene rings is 1. The van der Waals surface area contributed by atoms with Gasteiger partial charge in [0.15, 0.2) is 0 Å². The highest BCUT2D eigenvalue weighted by Crippen LogP contribution is 2.25. The highest BCUT2D eigenvalue weighted by Gasteiger charge is 2.13. The van der Waals surface area contributed by atoms with Crippen molar-refractivity contribution in [3.8, 4) is 0 Å². The first kappa shape index (κ1) is 9.47. The third-order valence-electron chi connectivity index (χ3n) is 2.70. The minimum absolute atomic E-state index is 0.112. The summed E-state index contributed by atoms with van der Waals surface area (Å²) in [4.78, 5) is 0. The zero-order valence-electron chi connectivity index (χ0n) is 8.32. The second-order valence-electron chi connectivity index (χ2n) is 3.96. The molecule has 1 N–H and O–H groups in total. The van der Waals surface area contributed by atoms with Gasteiger partial charge in [0.25, 0.3) is 0 Å². The molecule has 0 saturated heterocycles. The van der Waals surface area contributed by atoms with Crippen molar-refractivity contribution in [3.63, 3.8) is 0 Å². The predicted octanol–water partition coefficient (Wildman–Crippen LogP) is 3.00. The van der Waals surface area contributed by atoms with E-state index < -0.39 is 0 Å². The van der Waals surface area contributed by atoms with Crippen LogP contribution in [0.15, 0.2) is 35.9 Å². The third kappa shape index (κ3) is 2.46. The van der Waals surface area contributed by atoms with Gasteiger partial charge < -0.3 is 5.11 Å². The van der Waals surface area contributed by atoms with E-state index in [1.807, 2.05) is 18.2 Å². The Morgan fingerprint density at radius 3 is 2.71 bits per heavy atom. The maximum Gasteiger partial charge on any atom is 0.0577 e. The Morgan fingerprint density at radius 1 is 1.21 bits per heavy atom. The van der Waals surface area contributed by atoms with Gasteiger partial charge >= 0.3 is 0 Å². The van der Waals surface area contributed by atoms with Crippen molar-refractivity contribution in [1.82, 2.24) is 0 Å². The first-order valence-electron chi connectivity index (χ1n) is 5.27. The van der Waals surface area contributed by atoms with Crippen LogP contribution in [-0.2, 0) is 0 Å². The summed E-state index contributed by atoms with van der Waals surface area (Å²) >= 11 is 0. The molecule has 14 heavy (non-hydrogen) atoms. The average molecular weight is 188 g/mol. The maximum absolute atomic E-state index is 9.52. The number of hydrogen-bond acceptors (Lipinski definition) is 1. The average Bonchev–Trinajstić information content (AvgIpc) is 2.19. The summed E-state index contributed by atoms with van der Waals surface area (Å²) in [5, 5.41) is 9.52. The van der Waals surface area contributed by atoms with Crippen molar-refractivity contribution in [2.45, 2.75) is 31.8 Å². The van der Waals surface area contributed by atoms with Crippen LogP contribution in [0.1, 0.15) is 31.2 Å². The lowest BCUT2D eigenvalue weighted by Crippen LogP contribution is -2.12. The fourth-order valence-electron chi connectivity index (χ4n) is 1.99. The zero-order chi connectivity index (χ0) is 9.80. The van der Waals surface area contributed by atoms with Crippen LogP contribution >= 0.6 is 0 Å². The van der Waals surface area contributed by atoms with Gasteiger partial charge in [0, 0.05) is 0 Å². The molecule has 1 aromatic carbocycles. The fraction of sp³-hybridized carbons (Fsp3) is 0.385. The van der Waals surface area contributed by atoms with E-state index in [1.54, 1.807) is 0 Å². The van der Waals surface area contributed by atoms with E-state index >= 15 is 0 Å². The molecule has 74 valence electrons. The Morgan fingerprint density at radius 2 is 2.00 bits per heavy atom. The summed E-state index contributed by atoms with van der Waals surface area (Å²) in [5.74, 6) is 0. The molecule has 1 saturated carbocycles. The molecular weight excluding hydrogens is 172 g/mol. The minimum Gasteiger partial charge on any atom is -0.393 e. The Labute approximate surface area is 85.1 Å². The summed E-state index contributed by atoms with van der Waals surface area (Å²) in [6, 6.07) is 10.3. The van der Waals surface area contributed by atoms with Gasteiger partial charge in [0.2, 0.25) is 0 Å². The van der Waals surface area contributed by atoms with Crippen molar-refractivity contribution >= 4 is 6.08 Å². The summed E-state index contributed by atoms with van der Waals surface area (Å²) in [6.45, 7) is 0. The van der Waals surface area contributed by atoms with Crippen LogP contribution < -0.4 is 0 Å². The Balaban J connectivity index is 2.10. The van der Waals surface area contributed by atoms with E-state index in [0.29, 0.717) is 0 Å². The standard InChI is InChI=1S/C13H16O/c14-13-8-4-7-12(10-13)9-11-5-2-1-3-6-11/h1-3,5-6,9,13-14H,4,7-8,10H2/b12-9-. The van der Waals surface area contributed by atoms with Gasteiger partial charge in [-0.05, 0) is 31.2 Å². The molecule has 0 radical (unpaired) electrons. The third-order valence-corrected chi connectivity index (χ3v) is 2.70. The van der Waals surface area contributed by atoms with E-state index in [9.17, 15) is 5.11 Å². The lowest BCUT2D eigenvalue weighted by molar-refractivity contribution is 0.150. The first-order chi connectivity index (χ1) is 6.84. The van der Waals surface area contributed by atoms with Crippen LogP contribution in [0.4, 0.5) is 0 Å². The van der Waals surface area contributed by atoms with Crippen LogP contribution in [0.25, 0.3) is 6.08 Å². The molecule has 0 spiro atoms. The molecule has 1 unspecified atom stereocenters. The molecule has 0 aliphatic heterocycles. The van der Waals surface area contributed by atoms with Crippen molar-refractivity contribution in [3.05, 3.63) is 41.5 Å². The monoisotopic (exact) mass is 188 g/mol. The molecule has 2 rings (SSSR count). The molecule has 0 aromatic heterocycles. The van der Waals surface area contributed by atoms with E-state index in [4.69, 9.17) is 0 Å². The van der Waals surface area contributed by atoms with Gasteiger partial charge in [-0.3, -0.25) is 0 Å². The summed E-state index contributed by atoms with van der Waals surface area (Å²) in [7, 11) is 0. The van der Waals surface area contributed by atoms with Crippen LogP contribution in [-0.4, -0.2) is 11.2 Å². The topological polar surface area (TPSA) is 20.2 Å². The summed E-state index contributed by atoms with van der Waals surface area (Å²) < 4.78 is 0. The number of aliphatic hydroxyl groups is 1. The van der Waals surface area contributed by atoms with Crippen molar-refractivity contribution < 1.29 is 5.11 Å². The van der Waals surface area contributed by atoms with Crippen molar-refractivity contribution in [1.29, 1.82) is 0 Å². The molecule has 0 bridgehead atoms. The summed E-state index contributed by atoms with van der Waals surface area (Å²) in [5.41, 5.74) is 2.63. The Hall–Kier alpha value is -1.08. The molecule has 1 aromatic rings. The molecule has 1 fully saturated rings. The second-order valence-corrected chi connectivity index (χ2v) is 3.96. The van der Waals surface area contributed by atoms with Crippen LogP contribution in [0, 0.1) is 0 Å². The van der Waals surface area contributed by atoms with Gasteiger partial charge in [0.05, 0.1) is 6.10 Å². The second kappa shape index (κ2) is 4.43. The highest BCUT2D eigenvalue weighted by molar-refractivity contribution is 5.52. The van der Waals surface area contributed by atoms with Crippen LogP contribution in [0.3, 0.4) is 0 Å². The quantitative estimate of drug-likeness (QED) is 0.718. The highest BCUT2D eigenvalue weighted by atomic mass is 16.3. The van der Waals surface area contributed by atoms with Gasteiger partial charge in [-0.1, -0.05) is 42.0 Å². The lowest BCUT2D eigenvalue weighted by Gasteiger charge is -2.19. The molecule has 1 aliphatic carbocycles. The fourth-order valence-corrected chi connectivity index (χ4v) is 1.99. The first-order valence-corrected chi connectivity index (χ1v) is 5.27. The largest absolute Gasteiger partial charge is 0.393 e. The molecule has 1 heteroatoms. The molecule has 1 aliphatic rings. The molecule has 0 heterocycles. The molecule has 1 atom stereocenters. The van der Waals surface area contributed by atoms with Crippen molar-refractivity contribution in [2.24, 2.45) is 0 Å². The Kier molecular flexibility index (Phi) is 3.00. The maximum atomic E-state index is 9.52. The molecule has 0 amide bonds. The smallest absolute Gasteiger partial charge is 0.0577 e. The van der Waals surface area contributed by atoms with Crippen LogP contribution in [0.5, 0.6) is 0 Å². The SMILES string of the molecule is OC1CCC/C(=C/c2ccccc2)C1. The van der Waals surface area contributed by atoms with Crippen molar-refractivity contribution in [2.75, 3.05) is 0 Å². The van der Waals surface area contributed by atoms with Gasteiger partial charge in [0.1, 0.15) is 0 Å².